The summed E-state index contributed by atoms with van der Waals surface area (Å²) in [6, 6.07) is 34.6. The molecule has 0 saturated carbocycles. The molecule has 514 valence electrons. The number of fused-ring (bicyclic) bond motifs is 8. The Bertz CT molecular complexity index is 4440. The van der Waals surface area contributed by atoms with E-state index in [-0.39, 0.29) is 45.8 Å². The predicted molar refractivity (Wildman–Crippen MR) is 390 cm³/mol. The molecule has 0 atom stereocenters. The van der Waals surface area contributed by atoms with Crippen LogP contribution in [-0.4, -0.2) is 204 Å². The number of likely N-dealkylation sites (N-methyl/N-ethyl adjacent to an activating group) is 4. The van der Waals surface area contributed by atoms with Crippen molar-refractivity contribution >= 4 is 86.5 Å². The van der Waals surface area contributed by atoms with Gasteiger partial charge in [-0.2, -0.15) is 0 Å². The zero-order valence-electron chi connectivity index (χ0n) is 57.8. The van der Waals surface area contributed by atoms with Gasteiger partial charge in [0, 0.05) is 44.3 Å². The fourth-order valence-electron chi connectivity index (χ4n) is 11.9. The zero-order chi connectivity index (χ0) is 69.5. The van der Waals surface area contributed by atoms with Crippen LogP contribution < -0.4 is 18.9 Å². The summed E-state index contributed by atoms with van der Waals surface area (Å²) in [5.74, 6) is 0. The fraction of sp³-hybridized carbons (Fsp3) is 0.389. The number of aromatic amines is 2. The van der Waals surface area contributed by atoms with Crippen LogP contribution >= 0.6 is 0 Å². The molecular weight excluding hydrogens is 1290 g/mol. The van der Waals surface area contributed by atoms with Gasteiger partial charge in [-0.05, 0) is 175 Å². The highest BCUT2D eigenvalue weighted by molar-refractivity contribution is 7.90. The van der Waals surface area contributed by atoms with Gasteiger partial charge in [0.05, 0.1) is 175 Å². The van der Waals surface area contributed by atoms with Gasteiger partial charge in [0.25, 0.3) is 0 Å². The lowest BCUT2D eigenvalue weighted by molar-refractivity contribution is -0.904. The first-order chi connectivity index (χ1) is 45.5. The van der Waals surface area contributed by atoms with E-state index in [1.165, 1.54) is 0 Å². The molecule has 20 nitrogen and oxygen atoms in total. The first kappa shape index (κ1) is 73.2. The van der Waals surface area contributed by atoms with E-state index in [2.05, 4.69) is 112 Å². The lowest BCUT2D eigenvalue weighted by Crippen LogP contribution is -2.48. The van der Waals surface area contributed by atoms with Crippen molar-refractivity contribution in [3.05, 3.63) is 144 Å². The largest absolute Gasteiger partial charge is 0.354 e. The molecule has 0 aliphatic carbocycles. The Kier molecular flexibility index (Phi) is 22.9. The van der Waals surface area contributed by atoms with Crippen LogP contribution in [0.1, 0.15) is 78.2 Å². The average Bonchev–Trinajstić information content (AvgIpc) is 1.57. The van der Waals surface area contributed by atoms with Crippen LogP contribution in [0.3, 0.4) is 0 Å². The maximum atomic E-state index is 13.9. The third-order valence-corrected chi connectivity index (χ3v) is 26.4. The lowest BCUT2D eigenvalue weighted by atomic mass is 10.0. The van der Waals surface area contributed by atoms with Crippen molar-refractivity contribution in [2.75, 3.05) is 133 Å². The van der Waals surface area contributed by atoms with Crippen molar-refractivity contribution in [1.82, 2.24) is 38.8 Å². The summed E-state index contributed by atoms with van der Waals surface area (Å²) in [4.78, 5) is 18.6. The maximum absolute atomic E-state index is 13.9. The van der Waals surface area contributed by atoms with Gasteiger partial charge in [0.1, 0.15) is 0 Å². The predicted octanol–water partition coefficient (Wildman–Crippen LogP) is 10.4. The van der Waals surface area contributed by atoms with Crippen molar-refractivity contribution < 1.29 is 51.6 Å². The quantitative estimate of drug-likeness (QED) is 0.0218. The molecule has 7 aromatic rings. The number of quaternary nitrogens is 4. The topological polar surface area (TPSA) is 242 Å². The molecular formula is C72H98N12O8S4+4. The van der Waals surface area contributed by atoms with Crippen molar-refractivity contribution in [3.8, 4) is 44.5 Å². The van der Waals surface area contributed by atoms with Crippen LogP contribution in [0.5, 0.6) is 0 Å². The molecule has 6 N–H and O–H groups in total. The zero-order valence-corrected chi connectivity index (χ0v) is 61.0. The summed E-state index contributed by atoms with van der Waals surface area (Å²) >= 11 is 0. The SMILES string of the molecule is CC[N+](C)(CC)CCNS(=O)(=O)c1ccc(-c2c3nc(c(-c4ccc(S(=O)(=O)NCC[N+](C)(CC)CC)cc4)c4ccc([nH]4)c(-c4ccc(S(=O)(=O)NCC[N+](C)(CC)CC)cc4)c4ccc([nH]4)c(-c4ccc(S(=O)(=O)NCC[N+](C)(CC)CC)cc4)c4nc2C=C4)C=C3)cc1. The Morgan fingerprint density at radius 2 is 0.490 bits per heavy atom. The van der Waals surface area contributed by atoms with Gasteiger partial charge >= 0.3 is 0 Å². The van der Waals surface area contributed by atoms with Gasteiger partial charge in [-0.1, -0.05) is 48.5 Å². The number of sulfonamides is 4. The van der Waals surface area contributed by atoms with E-state index in [1.807, 2.05) is 48.6 Å². The number of rotatable bonds is 32. The van der Waals surface area contributed by atoms with E-state index in [9.17, 15) is 33.7 Å². The highest BCUT2D eigenvalue weighted by atomic mass is 32.2. The van der Waals surface area contributed by atoms with Crippen molar-refractivity contribution in [2.45, 2.75) is 75.0 Å². The van der Waals surface area contributed by atoms with E-state index in [0.717, 1.165) is 52.4 Å². The number of benzene rings is 4. The number of H-pyrrole nitrogens is 2. The summed E-state index contributed by atoms with van der Waals surface area (Å²) < 4.78 is 125. The van der Waals surface area contributed by atoms with Gasteiger partial charge in [0.2, 0.25) is 40.1 Å². The number of nitrogens with one attached hydrogen (secondary N) is 6. The molecule has 0 unspecified atom stereocenters. The van der Waals surface area contributed by atoms with E-state index in [0.29, 0.717) is 133 Å². The first-order valence-electron chi connectivity index (χ1n) is 33.4. The number of hydrogen-bond donors (Lipinski definition) is 6. The fourth-order valence-corrected chi connectivity index (χ4v) is 16.0. The second-order valence-electron chi connectivity index (χ2n) is 26.1. The molecule has 96 heavy (non-hydrogen) atoms. The summed E-state index contributed by atoms with van der Waals surface area (Å²) in [7, 11) is -7.22. The highest BCUT2D eigenvalue weighted by Crippen LogP contribution is 2.39. The van der Waals surface area contributed by atoms with Crippen LogP contribution in [0, 0.1) is 0 Å². The van der Waals surface area contributed by atoms with E-state index < -0.39 is 40.1 Å². The summed E-state index contributed by atoms with van der Waals surface area (Å²) in [5, 5.41) is 0. The smallest absolute Gasteiger partial charge is 0.240 e. The van der Waals surface area contributed by atoms with Gasteiger partial charge in [-0.3, -0.25) is 0 Å². The molecule has 0 fully saturated rings. The summed E-state index contributed by atoms with van der Waals surface area (Å²) in [5.41, 5.74) is 9.72. The molecule has 0 saturated heterocycles. The minimum atomic E-state index is -3.91. The van der Waals surface area contributed by atoms with Gasteiger partial charge in [0.15, 0.2) is 0 Å². The number of hydrogen-bond acceptors (Lipinski definition) is 10. The Morgan fingerprint density at radius 1 is 0.292 bits per heavy atom. The minimum Gasteiger partial charge on any atom is -0.354 e. The van der Waals surface area contributed by atoms with Gasteiger partial charge < -0.3 is 27.9 Å². The van der Waals surface area contributed by atoms with Gasteiger partial charge in [-0.15, -0.1) is 0 Å². The van der Waals surface area contributed by atoms with Crippen LogP contribution in [0.15, 0.2) is 141 Å². The van der Waals surface area contributed by atoms with Crippen LogP contribution in [-0.2, 0) is 40.1 Å². The molecule has 3 aromatic heterocycles. The number of aromatic nitrogens is 4. The Morgan fingerprint density at radius 3 is 0.719 bits per heavy atom. The molecule has 4 aromatic carbocycles. The Labute approximate surface area is 569 Å². The number of nitrogens with zero attached hydrogens (tertiary/aromatic N) is 6. The standard InChI is InChI=1S/C72H98N12O8S4/c1-13-81(9,14-2)49-45-73-93(85,86)57-29-21-53(22-30-57)69-61-37-39-63(77-61)70(54-23-31-58(32-24-54)94(87,88)74-46-50-82(10,15-3)16-4)65-41-43-67(79-65)72(56-27-35-60(36-28-56)96(91,92)76-48-52-84(12,19-7)20-8)68-44-42-66(80-68)71(64-40-38-62(69)78-64)55-25-33-59(34-26-55)95(89,90)75-47-51-83(11,17-5)18-6/h21-44,73-78H,13-20,45-52H2,1-12H3/q+4. The third kappa shape index (κ3) is 16.6. The first-order valence-corrected chi connectivity index (χ1v) is 39.4. The Hall–Kier alpha value is -7.04. The molecule has 0 amide bonds. The third-order valence-electron chi connectivity index (χ3n) is 20.4. The molecule has 2 aliphatic heterocycles. The van der Waals surface area contributed by atoms with E-state index in [1.54, 1.807) is 97.1 Å². The van der Waals surface area contributed by atoms with Crippen molar-refractivity contribution in [1.29, 1.82) is 0 Å². The second-order valence-corrected chi connectivity index (χ2v) is 33.2. The maximum Gasteiger partial charge on any atom is 0.240 e. The monoisotopic (exact) mass is 1390 g/mol. The normalized spacial score (nSPS) is 13.5. The second kappa shape index (κ2) is 30.0. The average molecular weight is 1390 g/mol. The van der Waals surface area contributed by atoms with Crippen LogP contribution in [0.25, 0.3) is 90.9 Å². The summed E-state index contributed by atoms with van der Waals surface area (Å²) in [6.45, 7) is 27.2. The molecule has 9 rings (SSSR count). The van der Waals surface area contributed by atoms with E-state index >= 15 is 0 Å². The Balaban J connectivity index is 1.27. The van der Waals surface area contributed by atoms with Crippen molar-refractivity contribution in [3.63, 3.8) is 0 Å². The van der Waals surface area contributed by atoms with E-state index in [4.69, 9.17) is 9.97 Å². The molecule has 0 radical (unpaired) electrons. The van der Waals surface area contributed by atoms with Crippen LogP contribution in [0.2, 0.25) is 0 Å². The lowest BCUT2D eigenvalue weighted by Gasteiger charge is -2.32. The van der Waals surface area contributed by atoms with Crippen molar-refractivity contribution in [2.24, 2.45) is 0 Å². The molecule has 2 aliphatic rings. The molecule has 5 heterocycles. The molecule has 24 heteroatoms. The minimum absolute atomic E-state index is 0.0948. The molecule has 0 spiro atoms. The van der Waals surface area contributed by atoms with Gasteiger partial charge in [-0.25, -0.2) is 62.5 Å². The molecule has 8 bridgehead atoms. The highest BCUT2D eigenvalue weighted by Gasteiger charge is 2.27. The summed E-state index contributed by atoms with van der Waals surface area (Å²) in [6.07, 6.45) is 7.56. The van der Waals surface area contributed by atoms with Crippen LogP contribution in [0.4, 0.5) is 0 Å².